The molecule has 0 spiro atoms. The molecule has 28 heavy (non-hydrogen) atoms. The SMILES string of the molecule is C[C@@H](Sc1nnc(C2CC2)n1C)C(=O)Nc1ccc(Oc2ccccc2)cc1. The summed E-state index contributed by atoms with van der Waals surface area (Å²) < 4.78 is 7.77. The van der Waals surface area contributed by atoms with Crippen molar-refractivity contribution in [1.82, 2.24) is 14.8 Å². The fourth-order valence-electron chi connectivity index (χ4n) is 2.81. The number of para-hydroxylation sites is 1. The lowest BCUT2D eigenvalue weighted by molar-refractivity contribution is -0.115. The van der Waals surface area contributed by atoms with Gasteiger partial charge < -0.3 is 14.6 Å². The summed E-state index contributed by atoms with van der Waals surface area (Å²) in [4.78, 5) is 12.5. The highest BCUT2D eigenvalue weighted by Crippen LogP contribution is 2.39. The Kier molecular flexibility index (Phi) is 5.34. The lowest BCUT2D eigenvalue weighted by Gasteiger charge is -2.12. The molecule has 1 aliphatic carbocycles. The smallest absolute Gasteiger partial charge is 0.237 e. The molecule has 1 fully saturated rings. The Balaban J connectivity index is 1.33. The number of hydrogen-bond donors (Lipinski definition) is 1. The Labute approximate surface area is 168 Å². The maximum atomic E-state index is 12.5. The van der Waals surface area contributed by atoms with Crippen LogP contribution in [-0.2, 0) is 11.8 Å². The number of anilines is 1. The number of carbonyl (C=O) groups excluding carboxylic acids is 1. The molecule has 2 aromatic carbocycles. The summed E-state index contributed by atoms with van der Waals surface area (Å²) in [5.74, 6) is 2.98. The van der Waals surface area contributed by atoms with Gasteiger partial charge in [0.1, 0.15) is 17.3 Å². The van der Waals surface area contributed by atoms with E-state index in [0.29, 0.717) is 5.92 Å². The minimum absolute atomic E-state index is 0.0716. The van der Waals surface area contributed by atoms with Gasteiger partial charge in [-0.3, -0.25) is 4.79 Å². The van der Waals surface area contributed by atoms with Gasteiger partial charge in [0.2, 0.25) is 5.91 Å². The molecular weight excluding hydrogens is 372 g/mol. The number of carbonyl (C=O) groups is 1. The third kappa shape index (κ3) is 4.36. The van der Waals surface area contributed by atoms with Crippen molar-refractivity contribution in [2.75, 3.05) is 5.32 Å². The van der Waals surface area contributed by atoms with Gasteiger partial charge >= 0.3 is 0 Å². The highest BCUT2D eigenvalue weighted by molar-refractivity contribution is 8.00. The zero-order chi connectivity index (χ0) is 19.5. The number of aromatic nitrogens is 3. The largest absolute Gasteiger partial charge is 0.457 e. The van der Waals surface area contributed by atoms with E-state index in [-0.39, 0.29) is 11.2 Å². The lowest BCUT2D eigenvalue weighted by Crippen LogP contribution is -2.22. The van der Waals surface area contributed by atoms with E-state index in [0.717, 1.165) is 28.2 Å². The third-order valence-electron chi connectivity index (χ3n) is 4.56. The molecule has 4 rings (SSSR count). The van der Waals surface area contributed by atoms with Crippen molar-refractivity contribution in [3.63, 3.8) is 0 Å². The molecule has 0 bridgehead atoms. The number of hydrogen-bond acceptors (Lipinski definition) is 5. The molecule has 1 amide bonds. The molecule has 1 saturated carbocycles. The third-order valence-corrected chi connectivity index (χ3v) is 5.70. The molecule has 6 nitrogen and oxygen atoms in total. The Morgan fingerprint density at radius 2 is 1.79 bits per heavy atom. The Bertz CT molecular complexity index is 952. The molecular formula is C21H22N4O2S. The number of nitrogens with zero attached hydrogens (tertiary/aromatic N) is 3. The topological polar surface area (TPSA) is 69.0 Å². The van der Waals surface area contributed by atoms with E-state index in [9.17, 15) is 4.79 Å². The van der Waals surface area contributed by atoms with Crippen LogP contribution in [0.15, 0.2) is 59.8 Å². The fraction of sp³-hybridized carbons (Fsp3) is 0.286. The molecule has 1 N–H and O–H groups in total. The molecule has 0 unspecified atom stereocenters. The van der Waals surface area contributed by atoms with Gasteiger partial charge in [-0.05, 0) is 56.2 Å². The lowest BCUT2D eigenvalue weighted by atomic mass is 10.3. The first kappa shape index (κ1) is 18.6. The summed E-state index contributed by atoms with van der Waals surface area (Å²) in [7, 11) is 1.96. The maximum Gasteiger partial charge on any atom is 0.237 e. The van der Waals surface area contributed by atoms with Crippen molar-refractivity contribution in [1.29, 1.82) is 0 Å². The minimum atomic E-state index is -0.282. The first-order chi connectivity index (χ1) is 13.6. The number of amides is 1. The van der Waals surface area contributed by atoms with E-state index in [4.69, 9.17) is 4.74 Å². The van der Waals surface area contributed by atoms with E-state index in [1.807, 2.05) is 73.1 Å². The second kappa shape index (κ2) is 8.06. The number of ether oxygens (including phenoxy) is 1. The average Bonchev–Trinajstić information content (AvgIpc) is 3.48. The van der Waals surface area contributed by atoms with Crippen LogP contribution in [-0.4, -0.2) is 25.9 Å². The normalized spacial score (nSPS) is 14.5. The number of nitrogens with one attached hydrogen (secondary N) is 1. The van der Waals surface area contributed by atoms with Crippen LogP contribution in [0.4, 0.5) is 5.69 Å². The van der Waals surface area contributed by atoms with Gasteiger partial charge in [0.15, 0.2) is 5.16 Å². The summed E-state index contributed by atoms with van der Waals surface area (Å²) in [6.45, 7) is 1.87. The molecule has 0 aliphatic heterocycles. The minimum Gasteiger partial charge on any atom is -0.457 e. The van der Waals surface area contributed by atoms with E-state index in [1.165, 1.54) is 24.6 Å². The van der Waals surface area contributed by atoms with E-state index in [1.54, 1.807) is 0 Å². The van der Waals surface area contributed by atoms with E-state index in [2.05, 4.69) is 15.5 Å². The molecule has 144 valence electrons. The zero-order valence-electron chi connectivity index (χ0n) is 15.8. The maximum absolute atomic E-state index is 12.5. The van der Waals surface area contributed by atoms with Crippen LogP contribution in [0.1, 0.15) is 31.5 Å². The quantitative estimate of drug-likeness (QED) is 0.593. The predicted molar refractivity (Wildman–Crippen MR) is 110 cm³/mol. The van der Waals surface area contributed by atoms with Gasteiger partial charge in [0.05, 0.1) is 5.25 Å². The number of rotatable bonds is 7. The monoisotopic (exact) mass is 394 g/mol. The highest BCUT2D eigenvalue weighted by Gasteiger charge is 2.30. The van der Waals surface area contributed by atoms with Crippen LogP contribution in [0.25, 0.3) is 0 Å². The van der Waals surface area contributed by atoms with Crippen molar-refractivity contribution in [2.45, 2.75) is 36.1 Å². The van der Waals surface area contributed by atoms with Gasteiger partial charge in [-0.1, -0.05) is 30.0 Å². The summed E-state index contributed by atoms with van der Waals surface area (Å²) in [6, 6.07) is 16.9. The van der Waals surface area contributed by atoms with E-state index >= 15 is 0 Å². The summed E-state index contributed by atoms with van der Waals surface area (Å²) in [5.41, 5.74) is 0.731. The van der Waals surface area contributed by atoms with Crippen molar-refractivity contribution >= 4 is 23.4 Å². The van der Waals surface area contributed by atoms with Crippen LogP contribution in [0.3, 0.4) is 0 Å². The summed E-state index contributed by atoms with van der Waals surface area (Å²) in [6.07, 6.45) is 2.35. The Hall–Kier alpha value is -2.80. The summed E-state index contributed by atoms with van der Waals surface area (Å²) in [5, 5.41) is 11.9. The van der Waals surface area contributed by atoms with Gasteiger partial charge in [0.25, 0.3) is 0 Å². The molecule has 1 aromatic heterocycles. The highest BCUT2D eigenvalue weighted by atomic mass is 32.2. The van der Waals surface area contributed by atoms with Crippen LogP contribution in [0, 0.1) is 0 Å². The van der Waals surface area contributed by atoms with Gasteiger partial charge in [-0.15, -0.1) is 10.2 Å². The Morgan fingerprint density at radius 1 is 1.11 bits per heavy atom. The number of thioether (sulfide) groups is 1. The second-order valence-electron chi connectivity index (χ2n) is 6.86. The van der Waals surface area contributed by atoms with E-state index < -0.39 is 0 Å². The number of benzene rings is 2. The zero-order valence-corrected chi connectivity index (χ0v) is 16.6. The Morgan fingerprint density at radius 3 is 2.46 bits per heavy atom. The van der Waals surface area contributed by atoms with Crippen LogP contribution in [0.2, 0.25) is 0 Å². The van der Waals surface area contributed by atoms with Crippen molar-refractivity contribution in [3.05, 3.63) is 60.4 Å². The standard InChI is InChI=1S/C21H22N4O2S/c1-14(28-21-24-23-19(25(21)2)15-8-9-15)20(26)22-16-10-12-18(13-11-16)27-17-6-4-3-5-7-17/h3-7,10-15H,8-9H2,1-2H3,(H,22,26)/t14-/m1/s1. The van der Waals surface area contributed by atoms with Gasteiger partial charge in [0, 0.05) is 18.7 Å². The van der Waals surface area contributed by atoms with Crippen LogP contribution >= 0.6 is 11.8 Å². The molecule has 1 atom stereocenters. The molecule has 3 aromatic rings. The van der Waals surface area contributed by atoms with Crippen molar-refractivity contribution < 1.29 is 9.53 Å². The molecule has 7 heteroatoms. The first-order valence-electron chi connectivity index (χ1n) is 9.30. The van der Waals surface area contributed by atoms with Crippen molar-refractivity contribution in [3.8, 4) is 11.5 Å². The van der Waals surface area contributed by atoms with Crippen molar-refractivity contribution in [2.24, 2.45) is 7.05 Å². The van der Waals surface area contributed by atoms with Crippen LogP contribution in [0.5, 0.6) is 11.5 Å². The molecule has 1 heterocycles. The molecule has 0 radical (unpaired) electrons. The fourth-order valence-corrected chi connectivity index (χ4v) is 3.63. The average molecular weight is 395 g/mol. The predicted octanol–water partition coefficient (Wildman–Crippen LogP) is 4.60. The van der Waals surface area contributed by atoms with Crippen LogP contribution < -0.4 is 10.1 Å². The molecule has 0 saturated heterocycles. The first-order valence-corrected chi connectivity index (χ1v) is 10.2. The second-order valence-corrected chi connectivity index (χ2v) is 8.17. The van der Waals surface area contributed by atoms with Gasteiger partial charge in [-0.2, -0.15) is 0 Å². The summed E-state index contributed by atoms with van der Waals surface area (Å²) >= 11 is 1.42. The molecule has 1 aliphatic rings. The van der Waals surface area contributed by atoms with Gasteiger partial charge in [-0.25, -0.2) is 0 Å².